The zero-order chi connectivity index (χ0) is 12.7. The Hall–Kier alpha value is -1.10. The molecule has 1 atom stereocenters. The molecule has 0 fully saturated rings. The predicted molar refractivity (Wildman–Crippen MR) is 66.2 cm³/mol. The predicted octanol–water partition coefficient (Wildman–Crippen LogP) is 1.16. The zero-order valence-corrected chi connectivity index (χ0v) is 10.4. The molecule has 4 nitrogen and oxygen atoms in total. The summed E-state index contributed by atoms with van der Waals surface area (Å²) in [5.74, 6) is 0.187. The van der Waals surface area contributed by atoms with Crippen molar-refractivity contribution in [3.63, 3.8) is 0 Å². The van der Waals surface area contributed by atoms with Gasteiger partial charge in [-0.2, -0.15) is 0 Å². The molecule has 0 aromatic heterocycles. The van der Waals surface area contributed by atoms with Crippen molar-refractivity contribution in [1.82, 2.24) is 5.32 Å². The SMILES string of the molecule is COCC(CO)NC(=O)c1ccc(CCl)cc1. The molecule has 5 heteroatoms. The average Bonchev–Trinajstić information content (AvgIpc) is 2.38. The van der Waals surface area contributed by atoms with Crippen LogP contribution in [0.2, 0.25) is 0 Å². The molecule has 0 bridgehead atoms. The van der Waals surface area contributed by atoms with Gasteiger partial charge in [-0.15, -0.1) is 11.6 Å². The van der Waals surface area contributed by atoms with Gasteiger partial charge in [0.15, 0.2) is 0 Å². The van der Waals surface area contributed by atoms with Gasteiger partial charge in [0.05, 0.1) is 19.3 Å². The molecular formula is C12H16ClNO3. The fraction of sp³-hybridized carbons (Fsp3) is 0.417. The third-order valence-corrected chi connectivity index (χ3v) is 2.60. The quantitative estimate of drug-likeness (QED) is 0.752. The summed E-state index contributed by atoms with van der Waals surface area (Å²) in [7, 11) is 1.52. The molecule has 1 amide bonds. The highest BCUT2D eigenvalue weighted by molar-refractivity contribution is 6.17. The highest BCUT2D eigenvalue weighted by atomic mass is 35.5. The van der Waals surface area contributed by atoms with Crippen LogP contribution in [0.5, 0.6) is 0 Å². The Morgan fingerprint density at radius 1 is 1.47 bits per heavy atom. The molecule has 0 aliphatic carbocycles. The van der Waals surface area contributed by atoms with Crippen LogP contribution < -0.4 is 5.32 Å². The van der Waals surface area contributed by atoms with Crippen LogP contribution in [-0.4, -0.2) is 37.4 Å². The van der Waals surface area contributed by atoms with E-state index in [0.717, 1.165) is 5.56 Å². The first-order chi connectivity index (χ1) is 8.21. The summed E-state index contributed by atoms with van der Waals surface area (Å²) < 4.78 is 4.88. The van der Waals surface area contributed by atoms with Gasteiger partial charge in [0.2, 0.25) is 0 Å². The molecule has 1 rings (SSSR count). The van der Waals surface area contributed by atoms with E-state index < -0.39 is 0 Å². The Bertz CT molecular complexity index is 353. The number of benzene rings is 1. The number of hydrogen-bond donors (Lipinski definition) is 2. The second-order valence-corrected chi connectivity index (χ2v) is 3.91. The summed E-state index contributed by atoms with van der Waals surface area (Å²) in [6, 6.07) is 6.61. The van der Waals surface area contributed by atoms with E-state index >= 15 is 0 Å². The normalized spacial score (nSPS) is 12.2. The minimum absolute atomic E-state index is 0.153. The first-order valence-corrected chi connectivity index (χ1v) is 5.80. The van der Waals surface area contributed by atoms with Gasteiger partial charge < -0.3 is 15.2 Å². The Kier molecular flexibility index (Phi) is 5.97. The van der Waals surface area contributed by atoms with Crippen molar-refractivity contribution in [3.8, 4) is 0 Å². The van der Waals surface area contributed by atoms with Gasteiger partial charge in [-0.1, -0.05) is 12.1 Å². The summed E-state index contributed by atoms with van der Waals surface area (Å²) >= 11 is 5.66. The number of methoxy groups -OCH3 is 1. The molecule has 0 heterocycles. The molecule has 1 aromatic carbocycles. The number of amides is 1. The zero-order valence-electron chi connectivity index (χ0n) is 9.65. The number of carbonyl (C=O) groups excluding carboxylic acids is 1. The van der Waals surface area contributed by atoms with Crippen LogP contribution in [0.1, 0.15) is 15.9 Å². The van der Waals surface area contributed by atoms with E-state index in [9.17, 15) is 4.79 Å². The molecule has 0 saturated carbocycles. The van der Waals surface area contributed by atoms with Crippen molar-refractivity contribution in [2.24, 2.45) is 0 Å². The largest absolute Gasteiger partial charge is 0.394 e. The number of halogens is 1. The van der Waals surface area contributed by atoms with E-state index in [1.807, 2.05) is 0 Å². The topological polar surface area (TPSA) is 58.6 Å². The van der Waals surface area contributed by atoms with Crippen molar-refractivity contribution in [3.05, 3.63) is 35.4 Å². The van der Waals surface area contributed by atoms with Crippen LogP contribution in [0.25, 0.3) is 0 Å². The second-order valence-electron chi connectivity index (χ2n) is 3.64. The highest BCUT2D eigenvalue weighted by Gasteiger charge is 2.12. The maximum absolute atomic E-state index is 11.8. The molecule has 0 saturated heterocycles. The maximum Gasteiger partial charge on any atom is 0.251 e. The minimum atomic E-state index is -0.389. The van der Waals surface area contributed by atoms with Crippen molar-refractivity contribution in [1.29, 1.82) is 0 Å². The van der Waals surface area contributed by atoms with E-state index in [0.29, 0.717) is 11.4 Å². The van der Waals surface area contributed by atoms with Crippen molar-refractivity contribution in [2.45, 2.75) is 11.9 Å². The van der Waals surface area contributed by atoms with Gasteiger partial charge in [-0.25, -0.2) is 0 Å². The fourth-order valence-electron chi connectivity index (χ4n) is 1.36. The van der Waals surface area contributed by atoms with Gasteiger partial charge >= 0.3 is 0 Å². The summed E-state index contributed by atoms with van der Waals surface area (Å²) in [5.41, 5.74) is 1.49. The van der Waals surface area contributed by atoms with Crippen molar-refractivity contribution in [2.75, 3.05) is 20.3 Å². The second kappa shape index (κ2) is 7.27. The number of hydrogen-bond acceptors (Lipinski definition) is 3. The maximum atomic E-state index is 11.8. The lowest BCUT2D eigenvalue weighted by molar-refractivity contribution is 0.0839. The standard InChI is InChI=1S/C12H16ClNO3/c1-17-8-11(7-15)14-12(16)10-4-2-9(6-13)3-5-10/h2-5,11,15H,6-8H2,1H3,(H,14,16). The Morgan fingerprint density at radius 3 is 2.59 bits per heavy atom. The van der Waals surface area contributed by atoms with E-state index in [1.54, 1.807) is 24.3 Å². The summed E-state index contributed by atoms with van der Waals surface area (Å²) in [6.07, 6.45) is 0. The van der Waals surface area contributed by atoms with E-state index in [2.05, 4.69) is 5.32 Å². The smallest absolute Gasteiger partial charge is 0.251 e. The Labute approximate surface area is 106 Å². The third-order valence-electron chi connectivity index (χ3n) is 2.29. The lowest BCUT2D eigenvalue weighted by Gasteiger charge is -2.15. The monoisotopic (exact) mass is 257 g/mol. The lowest BCUT2D eigenvalue weighted by Crippen LogP contribution is -2.40. The van der Waals surface area contributed by atoms with Gasteiger partial charge in [0.1, 0.15) is 0 Å². The van der Waals surface area contributed by atoms with E-state index in [4.69, 9.17) is 21.4 Å². The fourth-order valence-corrected chi connectivity index (χ4v) is 1.53. The number of aliphatic hydroxyl groups excluding tert-OH is 1. The van der Waals surface area contributed by atoms with Gasteiger partial charge in [-0.05, 0) is 17.7 Å². The van der Waals surface area contributed by atoms with Crippen molar-refractivity contribution >= 4 is 17.5 Å². The summed E-state index contributed by atoms with van der Waals surface area (Å²) in [5, 5.41) is 11.7. The molecule has 0 radical (unpaired) electrons. The van der Waals surface area contributed by atoms with Crippen LogP contribution in [0.3, 0.4) is 0 Å². The van der Waals surface area contributed by atoms with E-state index in [1.165, 1.54) is 7.11 Å². The number of aliphatic hydroxyl groups is 1. The average molecular weight is 258 g/mol. The van der Waals surface area contributed by atoms with Gasteiger partial charge in [0.25, 0.3) is 5.91 Å². The number of nitrogens with one attached hydrogen (secondary N) is 1. The van der Waals surface area contributed by atoms with Crippen LogP contribution in [0.4, 0.5) is 0 Å². The molecule has 17 heavy (non-hydrogen) atoms. The van der Waals surface area contributed by atoms with Crippen LogP contribution in [0, 0.1) is 0 Å². The lowest BCUT2D eigenvalue weighted by atomic mass is 10.1. The Morgan fingerprint density at radius 2 is 2.12 bits per heavy atom. The van der Waals surface area contributed by atoms with Crippen LogP contribution in [-0.2, 0) is 10.6 Å². The third kappa shape index (κ3) is 4.34. The minimum Gasteiger partial charge on any atom is -0.394 e. The van der Waals surface area contributed by atoms with Crippen LogP contribution in [0.15, 0.2) is 24.3 Å². The molecule has 1 unspecified atom stereocenters. The molecule has 2 N–H and O–H groups in total. The molecule has 0 spiro atoms. The highest BCUT2D eigenvalue weighted by Crippen LogP contribution is 2.07. The van der Waals surface area contributed by atoms with Gasteiger partial charge in [0, 0.05) is 18.6 Å². The number of carbonyl (C=O) groups is 1. The first kappa shape index (κ1) is 14.0. The summed E-state index contributed by atoms with van der Waals surface area (Å²) in [4.78, 5) is 11.8. The Balaban J connectivity index is 2.62. The molecule has 0 aliphatic heterocycles. The molecule has 0 aliphatic rings. The first-order valence-electron chi connectivity index (χ1n) is 5.26. The number of ether oxygens (including phenoxy) is 1. The van der Waals surface area contributed by atoms with Crippen molar-refractivity contribution < 1.29 is 14.6 Å². The summed E-state index contributed by atoms with van der Waals surface area (Å²) in [6.45, 7) is 0.126. The molecular weight excluding hydrogens is 242 g/mol. The number of rotatable bonds is 6. The van der Waals surface area contributed by atoms with Crippen LogP contribution >= 0.6 is 11.6 Å². The molecule has 94 valence electrons. The molecule has 1 aromatic rings. The number of alkyl halides is 1. The van der Waals surface area contributed by atoms with Gasteiger partial charge in [-0.3, -0.25) is 4.79 Å². The van der Waals surface area contributed by atoms with E-state index in [-0.39, 0.29) is 25.2 Å².